The maximum absolute atomic E-state index is 13.6. The lowest BCUT2D eigenvalue weighted by atomic mass is 10.1. The van der Waals surface area contributed by atoms with Crippen molar-refractivity contribution in [2.24, 2.45) is 0 Å². The van der Waals surface area contributed by atoms with Crippen molar-refractivity contribution in [1.82, 2.24) is 14.9 Å². The second-order valence-electron chi connectivity index (χ2n) is 8.10. The van der Waals surface area contributed by atoms with Crippen LogP contribution in [-0.4, -0.2) is 60.2 Å². The van der Waals surface area contributed by atoms with Gasteiger partial charge in [0.25, 0.3) is 5.91 Å². The van der Waals surface area contributed by atoms with Gasteiger partial charge >= 0.3 is 0 Å². The number of morpholine rings is 1. The van der Waals surface area contributed by atoms with Crippen molar-refractivity contribution in [1.29, 1.82) is 0 Å². The second kappa shape index (κ2) is 9.23. The molecule has 1 amide bonds. The normalized spacial score (nSPS) is 14.9. The average molecular weight is 467 g/mol. The number of ether oxygens (including phenoxy) is 1. The fourth-order valence-corrected chi connectivity index (χ4v) is 5.93. The Kier molecular flexibility index (Phi) is 6.19. The van der Waals surface area contributed by atoms with Gasteiger partial charge in [-0.1, -0.05) is 29.5 Å². The molecule has 3 heterocycles. The van der Waals surface area contributed by atoms with Crippen LogP contribution < -0.4 is 4.90 Å². The third kappa shape index (κ3) is 4.28. The number of carbonyl (C=O) groups is 1. The number of fused-ring (bicyclic) bond motifs is 2. The van der Waals surface area contributed by atoms with Crippen molar-refractivity contribution >= 4 is 54.1 Å². The van der Waals surface area contributed by atoms with Gasteiger partial charge in [-0.25, -0.2) is 9.97 Å². The maximum atomic E-state index is 13.6. The summed E-state index contributed by atoms with van der Waals surface area (Å²) in [7, 11) is 0. The number of aryl methyl sites for hydroxylation is 2. The van der Waals surface area contributed by atoms with Crippen molar-refractivity contribution in [3.63, 3.8) is 0 Å². The number of rotatable bonds is 6. The van der Waals surface area contributed by atoms with Crippen molar-refractivity contribution in [2.45, 2.75) is 20.3 Å². The molecule has 32 heavy (non-hydrogen) atoms. The van der Waals surface area contributed by atoms with Gasteiger partial charge in [-0.05, 0) is 49.6 Å². The largest absolute Gasteiger partial charge is 0.379 e. The van der Waals surface area contributed by atoms with E-state index in [1.807, 2.05) is 29.2 Å². The standard InChI is InChI=1S/C24H26N4O2S2/c1-16-8-9-20-21(17(16)2)26-24(32-20)28(11-5-10-27-12-14-30-15-13-27)23(29)22-25-18-6-3-4-7-19(18)31-22/h3-4,6-9H,5,10-15H2,1-2H3. The third-order valence-corrected chi connectivity index (χ3v) is 8.05. The van der Waals surface area contributed by atoms with Crippen LogP contribution in [0.2, 0.25) is 0 Å². The Balaban J connectivity index is 1.45. The minimum absolute atomic E-state index is 0.0680. The van der Waals surface area contributed by atoms with Crippen LogP contribution in [0.3, 0.4) is 0 Å². The quantitative estimate of drug-likeness (QED) is 0.405. The minimum Gasteiger partial charge on any atom is -0.379 e. The number of hydrogen-bond acceptors (Lipinski definition) is 7. The molecular weight excluding hydrogens is 440 g/mol. The molecule has 0 atom stereocenters. The Hall–Kier alpha value is -2.39. The van der Waals surface area contributed by atoms with E-state index in [1.165, 1.54) is 22.5 Å². The van der Waals surface area contributed by atoms with E-state index in [4.69, 9.17) is 9.72 Å². The topological polar surface area (TPSA) is 58.6 Å². The van der Waals surface area contributed by atoms with E-state index in [1.54, 1.807) is 11.3 Å². The molecule has 0 radical (unpaired) electrons. The molecule has 4 aromatic rings. The number of aromatic nitrogens is 2. The van der Waals surface area contributed by atoms with Gasteiger partial charge in [-0.2, -0.15) is 0 Å². The lowest BCUT2D eigenvalue weighted by Crippen LogP contribution is -2.39. The highest BCUT2D eigenvalue weighted by Crippen LogP contribution is 2.33. The van der Waals surface area contributed by atoms with E-state index < -0.39 is 0 Å². The molecule has 1 aliphatic heterocycles. The molecule has 0 N–H and O–H groups in total. The molecule has 0 spiro atoms. The Morgan fingerprint density at radius 3 is 2.69 bits per heavy atom. The van der Waals surface area contributed by atoms with Gasteiger partial charge in [-0.15, -0.1) is 11.3 Å². The first-order chi connectivity index (χ1) is 15.6. The molecule has 2 aromatic carbocycles. The van der Waals surface area contributed by atoms with Gasteiger partial charge in [0.1, 0.15) is 0 Å². The number of nitrogens with zero attached hydrogens (tertiary/aromatic N) is 4. The van der Waals surface area contributed by atoms with Crippen LogP contribution >= 0.6 is 22.7 Å². The number of anilines is 1. The van der Waals surface area contributed by atoms with Crippen LogP contribution in [-0.2, 0) is 4.74 Å². The summed E-state index contributed by atoms with van der Waals surface area (Å²) in [4.78, 5) is 27.4. The van der Waals surface area contributed by atoms with Crippen molar-refractivity contribution in [3.8, 4) is 0 Å². The summed E-state index contributed by atoms with van der Waals surface area (Å²) in [6, 6.07) is 12.1. The molecule has 2 aromatic heterocycles. The molecule has 8 heteroatoms. The van der Waals surface area contributed by atoms with Gasteiger partial charge in [-0.3, -0.25) is 14.6 Å². The number of carbonyl (C=O) groups excluding carboxylic acids is 1. The zero-order chi connectivity index (χ0) is 22.1. The Morgan fingerprint density at radius 2 is 1.88 bits per heavy atom. The zero-order valence-electron chi connectivity index (χ0n) is 18.3. The summed E-state index contributed by atoms with van der Waals surface area (Å²) in [5, 5.41) is 1.27. The monoisotopic (exact) mass is 466 g/mol. The lowest BCUT2D eigenvalue weighted by Gasteiger charge is -2.27. The number of hydrogen-bond donors (Lipinski definition) is 0. The Morgan fingerprint density at radius 1 is 1.06 bits per heavy atom. The highest BCUT2D eigenvalue weighted by Gasteiger charge is 2.25. The number of amides is 1. The van der Waals surface area contributed by atoms with E-state index in [0.717, 1.165) is 64.8 Å². The first kappa shape index (κ1) is 21.5. The van der Waals surface area contributed by atoms with Gasteiger partial charge in [0, 0.05) is 26.2 Å². The van der Waals surface area contributed by atoms with Crippen LogP contribution in [0.5, 0.6) is 0 Å². The fraction of sp³-hybridized carbons (Fsp3) is 0.375. The molecule has 0 unspecified atom stereocenters. The molecule has 0 saturated carbocycles. The van der Waals surface area contributed by atoms with Crippen molar-refractivity contribution in [3.05, 3.63) is 52.5 Å². The average Bonchev–Trinajstić information content (AvgIpc) is 3.44. The van der Waals surface area contributed by atoms with Crippen LogP contribution in [0.25, 0.3) is 20.4 Å². The van der Waals surface area contributed by atoms with E-state index in [2.05, 4.69) is 35.9 Å². The second-order valence-corrected chi connectivity index (χ2v) is 10.1. The van der Waals surface area contributed by atoms with Crippen LogP contribution in [0, 0.1) is 13.8 Å². The van der Waals surface area contributed by atoms with Crippen LogP contribution in [0.4, 0.5) is 5.13 Å². The third-order valence-electron chi connectivity index (χ3n) is 5.99. The van der Waals surface area contributed by atoms with Crippen molar-refractivity contribution in [2.75, 3.05) is 44.3 Å². The van der Waals surface area contributed by atoms with E-state index >= 15 is 0 Å². The van der Waals surface area contributed by atoms with Gasteiger partial charge in [0.15, 0.2) is 10.1 Å². The smallest absolute Gasteiger partial charge is 0.289 e. The molecule has 0 bridgehead atoms. The molecular formula is C24H26N4O2S2. The fourth-order valence-electron chi connectivity index (χ4n) is 3.97. The molecule has 1 aliphatic rings. The zero-order valence-corrected chi connectivity index (χ0v) is 20.0. The SMILES string of the molecule is Cc1ccc2sc(N(CCCN3CCOCC3)C(=O)c3nc4ccccc4s3)nc2c1C. The van der Waals surface area contributed by atoms with Crippen molar-refractivity contribution < 1.29 is 9.53 Å². The van der Waals surface area contributed by atoms with Gasteiger partial charge in [0.2, 0.25) is 0 Å². The highest BCUT2D eigenvalue weighted by atomic mass is 32.1. The summed E-state index contributed by atoms with van der Waals surface area (Å²) in [5.41, 5.74) is 4.24. The molecule has 6 nitrogen and oxygen atoms in total. The summed E-state index contributed by atoms with van der Waals surface area (Å²) < 4.78 is 7.59. The van der Waals surface area contributed by atoms with Crippen LogP contribution in [0.1, 0.15) is 27.3 Å². The van der Waals surface area contributed by atoms with Crippen LogP contribution in [0.15, 0.2) is 36.4 Å². The molecule has 5 rings (SSSR count). The predicted octanol–water partition coefficient (Wildman–Crippen LogP) is 4.89. The summed E-state index contributed by atoms with van der Waals surface area (Å²) in [6.07, 6.45) is 0.880. The molecule has 0 aliphatic carbocycles. The molecule has 166 valence electrons. The van der Waals surface area contributed by atoms with E-state index in [0.29, 0.717) is 11.6 Å². The lowest BCUT2D eigenvalue weighted by molar-refractivity contribution is 0.0376. The Bertz CT molecular complexity index is 1230. The summed E-state index contributed by atoms with van der Waals surface area (Å²) in [5.74, 6) is -0.0680. The summed E-state index contributed by atoms with van der Waals surface area (Å²) in [6.45, 7) is 9.21. The summed E-state index contributed by atoms with van der Waals surface area (Å²) >= 11 is 3.03. The predicted molar refractivity (Wildman–Crippen MR) is 132 cm³/mol. The molecule has 1 fully saturated rings. The maximum Gasteiger partial charge on any atom is 0.289 e. The number of thiazole rings is 2. The van der Waals surface area contributed by atoms with Gasteiger partial charge in [0.05, 0.1) is 33.6 Å². The molecule has 1 saturated heterocycles. The first-order valence-electron chi connectivity index (χ1n) is 10.9. The Labute approximate surface area is 195 Å². The first-order valence-corrected chi connectivity index (χ1v) is 12.6. The number of benzene rings is 2. The van der Waals surface area contributed by atoms with E-state index in [9.17, 15) is 4.79 Å². The highest BCUT2D eigenvalue weighted by molar-refractivity contribution is 7.23. The minimum atomic E-state index is -0.0680. The van der Waals surface area contributed by atoms with E-state index in [-0.39, 0.29) is 5.91 Å². The van der Waals surface area contributed by atoms with Gasteiger partial charge < -0.3 is 4.74 Å². The number of para-hydroxylation sites is 1.